The minimum Gasteiger partial charge on any atom is -1.00 e. The quantitative estimate of drug-likeness (QED) is 0.0322. The maximum atomic E-state index is 14.4. The predicted molar refractivity (Wildman–Crippen MR) is 272 cm³/mol. The van der Waals surface area contributed by atoms with Gasteiger partial charge in [0.05, 0.1) is 46.9 Å². The van der Waals surface area contributed by atoms with E-state index in [0.29, 0.717) is 43.5 Å². The molecule has 0 N–H and O–H groups in total. The van der Waals surface area contributed by atoms with Gasteiger partial charge in [0.15, 0.2) is 24.8 Å². The second-order valence-electron chi connectivity index (χ2n) is 15.7. The number of carbonyl (C=O) groups is 4. The molecule has 16 heteroatoms. The van der Waals surface area contributed by atoms with Crippen LogP contribution in [0.4, 0.5) is 0 Å². The summed E-state index contributed by atoms with van der Waals surface area (Å²) in [5, 5.41) is 0. The zero-order chi connectivity index (χ0) is 47.1. The Morgan fingerprint density at radius 2 is 0.882 bits per heavy atom. The van der Waals surface area contributed by atoms with Crippen molar-refractivity contribution in [3.63, 3.8) is 0 Å². The molecule has 0 spiro atoms. The van der Waals surface area contributed by atoms with Gasteiger partial charge in [-0.2, -0.15) is 9.13 Å². The molecule has 0 fully saturated rings. The van der Waals surface area contributed by atoms with Crippen LogP contribution in [-0.4, -0.2) is 36.7 Å². The molecule has 4 heterocycles. The molecule has 0 saturated heterocycles. The van der Waals surface area contributed by atoms with Crippen molar-refractivity contribution in [3.05, 3.63) is 184 Å². The number of ketones is 2. The average molecular weight is 1340 g/mol. The molecule has 0 aliphatic rings. The molecular weight excluding hydrogens is 1290 g/mol. The third-order valence-corrected chi connectivity index (χ3v) is 16.5. The number of hydrogen-bond donors (Lipinski definition) is 0. The van der Waals surface area contributed by atoms with E-state index in [1.54, 1.807) is 61.6 Å². The third kappa shape index (κ3) is 13.8. The minimum absolute atomic E-state index is 0. The number of hydrogen-bond acceptors (Lipinski definition) is 10. The number of thiophene rings is 2. The summed E-state index contributed by atoms with van der Waals surface area (Å²) in [5.41, 5.74) is 10.3. The van der Waals surface area contributed by atoms with Crippen LogP contribution in [0, 0.1) is 27.7 Å². The number of ether oxygens (including phenoxy) is 2. The first kappa shape index (κ1) is 55.7. The summed E-state index contributed by atoms with van der Waals surface area (Å²) in [5.74, 6) is 0.0370. The standard InChI is InChI=1S/C52H48Br2N2O6S4.2HI/c1-7-61-43(57)23-41-45(55-25-31(3)21-32(4)26-55)51(65-49(41)47(59)35-13-17-39(53)18-14-35)63-29-37-11-9-10-12-38(37)30-64-52-46(56-27-33(5)22-34(6)28-56)42(24-44(58)62-8-2)50(66-52)48(60)36-15-19-40(54)20-16-36;;/h9-22,25-28H,7-8,23-24,29-30H2,1-6H3;2*1H/q+2;;/p-2. The van der Waals surface area contributed by atoms with Gasteiger partial charge in [0.2, 0.25) is 22.9 Å². The van der Waals surface area contributed by atoms with E-state index in [9.17, 15) is 19.2 Å². The van der Waals surface area contributed by atoms with Gasteiger partial charge in [0.25, 0.3) is 0 Å². The second kappa shape index (κ2) is 25.7. The fraction of sp³-hybridized carbons (Fsp3) is 0.231. The predicted octanol–water partition coefficient (Wildman–Crippen LogP) is 6.39. The Bertz CT molecular complexity index is 2720. The van der Waals surface area contributed by atoms with Crippen molar-refractivity contribution in [1.82, 2.24) is 0 Å². The van der Waals surface area contributed by atoms with E-state index in [0.717, 1.165) is 62.1 Å². The summed E-state index contributed by atoms with van der Waals surface area (Å²) in [6, 6.07) is 27.0. The minimum atomic E-state index is -0.399. The number of carbonyl (C=O) groups excluding carboxylic acids is 4. The summed E-state index contributed by atoms with van der Waals surface area (Å²) in [6.07, 6.45) is 8.01. The molecular formula is C52H48Br2I2N2O6S4. The fourth-order valence-corrected chi connectivity index (χ4v) is 13.4. The lowest BCUT2D eigenvalue weighted by molar-refractivity contribution is -0.599. The van der Waals surface area contributed by atoms with Crippen LogP contribution < -0.4 is 57.1 Å². The maximum absolute atomic E-state index is 14.4. The monoisotopic (exact) mass is 1340 g/mol. The van der Waals surface area contributed by atoms with Crippen molar-refractivity contribution < 1.29 is 85.7 Å². The average Bonchev–Trinajstić information content (AvgIpc) is 3.82. The number of aryl methyl sites for hydroxylation is 4. The van der Waals surface area contributed by atoms with Crippen LogP contribution in [0.5, 0.6) is 0 Å². The van der Waals surface area contributed by atoms with Crippen molar-refractivity contribution in [2.75, 3.05) is 13.2 Å². The number of nitrogens with zero attached hydrogens (tertiary/aromatic N) is 2. The molecule has 0 bridgehead atoms. The van der Waals surface area contributed by atoms with Crippen molar-refractivity contribution >= 4 is 102 Å². The highest BCUT2D eigenvalue weighted by Gasteiger charge is 2.34. The van der Waals surface area contributed by atoms with E-state index in [1.165, 1.54) is 22.7 Å². The summed E-state index contributed by atoms with van der Waals surface area (Å²) < 4.78 is 18.6. The number of esters is 2. The molecule has 0 radical (unpaired) electrons. The van der Waals surface area contributed by atoms with Gasteiger partial charge in [-0.25, -0.2) is 0 Å². The Morgan fingerprint density at radius 1 is 0.544 bits per heavy atom. The molecule has 8 nitrogen and oxygen atoms in total. The molecule has 0 saturated carbocycles. The number of benzene rings is 3. The van der Waals surface area contributed by atoms with Crippen molar-refractivity contribution in [1.29, 1.82) is 0 Å². The lowest BCUT2D eigenvalue weighted by atomic mass is 10.0. The van der Waals surface area contributed by atoms with Gasteiger partial charge in [-0.05, 0) is 113 Å². The van der Waals surface area contributed by atoms with E-state index >= 15 is 0 Å². The molecule has 68 heavy (non-hydrogen) atoms. The molecule has 0 aliphatic heterocycles. The molecule has 4 aromatic heterocycles. The zero-order valence-corrected chi connectivity index (χ0v) is 48.9. The summed E-state index contributed by atoms with van der Waals surface area (Å²) in [7, 11) is 0. The van der Waals surface area contributed by atoms with E-state index in [-0.39, 0.29) is 85.6 Å². The molecule has 354 valence electrons. The lowest BCUT2D eigenvalue weighted by Gasteiger charge is -2.10. The van der Waals surface area contributed by atoms with Crippen LogP contribution >= 0.6 is 78.1 Å². The van der Waals surface area contributed by atoms with Gasteiger partial charge in [0, 0.05) is 53.8 Å². The molecule has 0 atom stereocenters. The number of pyridine rings is 2. The Morgan fingerprint density at radius 3 is 1.21 bits per heavy atom. The first-order chi connectivity index (χ1) is 31.7. The van der Waals surface area contributed by atoms with Gasteiger partial charge in [-0.3, -0.25) is 19.2 Å². The molecule has 0 aliphatic carbocycles. The summed E-state index contributed by atoms with van der Waals surface area (Å²) in [4.78, 5) is 56.3. The number of aromatic nitrogens is 2. The molecule has 0 amide bonds. The first-order valence-electron chi connectivity index (χ1n) is 21.3. The van der Waals surface area contributed by atoms with E-state index in [2.05, 4.69) is 56.1 Å². The van der Waals surface area contributed by atoms with Gasteiger partial charge >= 0.3 is 11.9 Å². The maximum Gasteiger partial charge on any atom is 0.310 e. The number of rotatable bonds is 18. The van der Waals surface area contributed by atoms with E-state index in [1.807, 2.05) is 98.0 Å². The number of halogens is 4. The van der Waals surface area contributed by atoms with E-state index < -0.39 is 11.9 Å². The van der Waals surface area contributed by atoms with Crippen LogP contribution in [0.15, 0.2) is 127 Å². The molecule has 7 aromatic rings. The Labute approximate surface area is 465 Å². The molecule has 0 unspecified atom stereocenters. The third-order valence-electron chi connectivity index (χ3n) is 10.4. The van der Waals surface area contributed by atoms with Crippen LogP contribution in [0.25, 0.3) is 11.4 Å². The zero-order valence-electron chi connectivity index (χ0n) is 38.1. The summed E-state index contributed by atoms with van der Waals surface area (Å²) in [6.45, 7) is 12.2. The van der Waals surface area contributed by atoms with Gasteiger partial charge in [-0.1, -0.05) is 56.1 Å². The van der Waals surface area contributed by atoms with E-state index in [4.69, 9.17) is 9.47 Å². The SMILES string of the molecule is CCOC(=O)Cc1c(C(=O)c2ccc(Br)cc2)sc(SCc2ccccc2CSc2sc(C(=O)c3ccc(Br)cc3)c(CC(=O)OCC)c2-[n+]2cc(C)cc(C)c2)c1-[n+]1cc(C)cc(C)c1.[I-].[I-]. The largest absolute Gasteiger partial charge is 1.00 e. The highest BCUT2D eigenvalue weighted by molar-refractivity contribution is 9.10. The van der Waals surface area contributed by atoms with Crippen LogP contribution in [0.1, 0.15) is 88.8 Å². The highest BCUT2D eigenvalue weighted by Crippen LogP contribution is 2.43. The van der Waals surface area contributed by atoms with Crippen LogP contribution in [0.2, 0.25) is 0 Å². The first-order valence-corrected chi connectivity index (χ1v) is 26.5. The van der Waals surface area contributed by atoms with Crippen LogP contribution in [0.3, 0.4) is 0 Å². The van der Waals surface area contributed by atoms with Gasteiger partial charge in [0.1, 0.15) is 8.42 Å². The molecule has 7 rings (SSSR count). The van der Waals surface area contributed by atoms with Crippen molar-refractivity contribution in [3.8, 4) is 11.4 Å². The Hall–Kier alpha value is -3.24. The topological polar surface area (TPSA) is 94.5 Å². The fourth-order valence-electron chi connectivity index (χ4n) is 7.66. The number of thioether (sulfide) groups is 2. The Kier molecular flexibility index (Phi) is 21.1. The van der Waals surface area contributed by atoms with Crippen LogP contribution in [-0.2, 0) is 43.4 Å². The molecule has 3 aromatic carbocycles. The second-order valence-corrected chi connectivity index (χ2v) is 22.0. The Balaban J connectivity index is 0.00000432. The highest BCUT2D eigenvalue weighted by atomic mass is 127. The van der Waals surface area contributed by atoms with Crippen molar-refractivity contribution in [2.45, 2.75) is 74.3 Å². The normalized spacial score (nSPS) is 10.8. The smallest absolute Gasteiger partial charge is 0.310 e. The van der Waals surface area contributed by atoms with Gasteiger partial charge in [-0.15, -0.1) is 46.2 Å². The summed E-state index contributed by atoms with van der Waals surface area (Å²) >= 11 is 13.1. The lowest BCUT2D eigenvalue weighted by Crippen LogP contribution is -3.00. The van der Waals surface area contributed by atoms with Crippen molar-refractivity contribution in [2.24, 2.45) is 0 Å². The van der Waals surface area contributed by atoms with Gasteiger partial charge < -0.3 is 57.4 Å².